The molecule has 2 rings (SSSR count). The number of hydrogen-bond donors (Lipinski definition) is 0. The molecule has 0 spiro atoms. The van der Waals surface area contributed by atoms with Crippen LogP contribution in [0.5, 0.6) is 5.75 Å². The number of nitrogens with zero attached hydrogens (tertiary/aromatic N) is 1. The normalized spacial score (nSPS) is 14.0. The van der Waals surface area contributed by atoms with Crippen molar-refractivity contribution >= 4 is 28.6 Å². The Hall–Kier alpha value is -1.09. The van der Waals surface area contributed by atoms with E-state index >= 15 is 0 Å². The molecule has 0 aromatic heterocycles. The van der Waals surface area contributed by atoms with Gasteiger partial charge in [0.1, 0.15) is 5.75 Å². The van der Waals surface area contributed by atoms with Crippen LogP contribution in [0.25, 0.3) is 0 Å². The number of hydrogen-bond acceptors (Lipinski definition) is 3. The molecule has 3 nitrogen and oxygen atoms in total. The molecule has 0 saturated heterocycles. The van der Waals surface area contributed by atoms with Gasteiger partial charge in [0.25, 0.3) is 7.37 Å². The summed E-state index contributed by atoms with van der Waals surface area (Å²) in [4.78, 5) is 1.88. The van der Waals surface area contributed by atoms with Crippen molar-refractivity contribution in [1.82, 2.24) is 4.90 Å². The Balaban J connectivity index is 2.35. The van der Waals surface area contributed by atoms with E-state index in [1.54, 1.807) is 0 Å². The maximum Gasteiger partial charge on any atom is 0.290 e. The third-order valence-corrected chi connectivity index (χ3v) is 5.74. The third-order valence-electron chi connectivity index (χ3n) is 2.69. The molecule has 0 amide bonds. The van der Waals surface area contributed by atoms with E-state index in [0.29, 0.717) is 12.0 Å². The van der Waals surface area contributed by atoms with E-state index < -0.39 is 7.37 Å². The summed E-state index contributed by atoms with van der Waals surface area (Å²) < 4.78 is 20.0. The zero-order valence-electron chi connectivity index (χ0n) is 11.5. The van der Waals surface area contributed by atoms with Gasteiger partial charge in [-0.05, 0) is 50.5 Å². The molecular weight excluding hydrogens is 337 g/mol. The van der Waals surface area contributed by atoms with Gasteiger partial charge < -0.3 is 4.52 Å². The number of halogens is 1. The van der Waals surface area contributed by atoms with Gasteiger partial charge in [-0.1, -0.05) is 34.1 Å². The van der Waals surface area contributed by atoms with Crippen LogP contribution in [0.4, 0.5) is 0 Å². The minimum atomic E-state index is -2.96. The molecule has 0 heterocycles. The molecule has 0 saturated carbocycles. The zero-order valence-corrected chi connectivity index (χ0v) is 14.0. The molecule has 2 aromatic carbocycles. The fourth-order valence-corrected chi connectivity index (χ4v) is 4.26. The first-order valence-corrected chi connectivity index (χ1v) is 8.84. The van der Waals surface area contributed by atoms with Gasteiger partial charge in [-0.3, -0.25) is 9.46 Å². The summed E-state index contributed by atoms with van der Waals surface area (Å²) in [6.07, 6.45) is 0.365. The predicted molar refractivity (Wildman–Crippen MR) is 87.0 cm³/mol. The molecule has 2 aromatic rings. The van der Waals surface area contributed by atoms with Crippen LogP contribution in [0.3, 0.4) is 0 Å². The van der Waals surface area contributed by atoms with Gasteiger partial charge >= 0.3 is 0 Å². The van der Waals surface area contributed by atoms with Crippen LogP contribution in [-0.2, 0) is 4.57 Å². The van der Waals surface area contributed by atoms with Gasteiger partial charge in [-0.25, -0.2) is 0 Å². The van der Waals surface area contributed by atoms with Crippen LogP contribution in [0.2, 0.25) is 0 Å². The molecule has 0 bridgehead atoms. The highest BCUT2D eigenvalue weighted by atomic mass is 79.9. The highest BCUT2D eigenvalue weighted by Gasteiger charge is 2.28. The summed E-state index contributed by atoms with van der Waals surface area (Å²) in [5.74, 6) is 0.626. The largest absolute Gasteiger partial charge is 0.439 e. The monoisotopic (exact) mass is 353 g/mol. The van der Waals surface area contributed by atoms with Crippen molar-refractivity contribution in [2.45, 2.75) is 0 Å². The van der Waals surface area contributed by atoms with E-state index in [-0.39, 0.29) is 0 Å². The molecular formula is C15H17BrNO2P. The van der Waals surface area contributed by atoms with Crippen molar-refractivity contribution in [1.29, 1.82) is 0 Å². The Kier molecular flexibility index (Phi) is 5.03. The van der Waals surface area contributed by atoms with Crippen molar-refractivity contribution in [3.8, 4) is 5.75 Å². The number of para-hydroxylation sites is 1. The standard InChI is InChI=1S/C15H17BrNO2P/c1-17(2)12-20(18,15-10-8-13(16)9-11-15)19-14-6-4-3-5-7-14/h3-11H,12H2,1-2H3. The molecule has 20 heavy (non-hydrogen) atoms. The van der Waals surface area contributed by atoms with Crippen molar-refractivity contribution in [2.75, 3.05) is 20.4 Å². The Labute approximate surface area is 128 Å². The van der Waals surface area contributed by atoms with Crippen molar-refractivity contribution < 1.29 is 9.09 Å². The molecule has 1 unspecified atom stereocenters. The molecule has 5 heteroatoms. The fraction of sp³-hybridized carbons (Fsp3) is 0.200. The Morgan fingerprint density at radius 1 is 1.05 bits per heavy atom. The minimum absolute atomic E-state index is 0.365. The quantitative estimate of drug-likeness (QED) is 0.762. The summed E-state index contributed by atoms with van der Waals surface area (Å²) in [6, 6.07) is 16.7. The van der Waals surface area contributed by atoms with Crippen LogP contribution in [0, 0.1) is 0 Å². The lowest BCUT2D eigenvalue weighted by Gasteiger charge is -2.23. The van der Waals surface area contributed by atoms with Crippen molar-refractivity contribution in [3.63, 3.8) is 0 Å². The van der Waals surface area contributed by atoms with Gasteiger partial charge in [0.2, 0.25) is 0 Å². The van der Waals surface area contributed by atoms with Gasteiger partial charge in [-0.2, -0.15) is 0 Å². The summed E-state index contributed by atoms with van der Waals surface area (Å²) in [5.41, 5.74) is 0. The Bertz CT molecular complexity index is 599. The average Bonchev–Trinajstić information content (AvgIpc) is 2.39. The van der Waals surface area contributed by atoms with E-state index in [2.05, 4.69) is 15.9 Å². The first-order chi connectivity index (χ1) is 9.49. The Morgan fingerprint density at radius 3 is 2.20 bits per heavy atom. The first kappa shape index (κ1) is 15.3. The zero-order chi connectivity index (χ0) is 14.6. The molecule has 0 aliphatic carbocycles. The van der Waals surface area contributed by atoms with E-state index in [1.807, 2.05) is 73.6 Å². The smallest absolute Gasteiger partial charge is 0.290 e. The fourth-order valence-electron chi connectivity index (χ4n) is 1.86. The molecule has 106 valence electrons. The van der Waals surface area contributed by atoms with E-state index in [1.165, 1.54) is 0 Å². The second-order valence-corrected chi connectivity index (χ2v) is 8.02. The third kappa shape index (κ3) is 3.95. The molecule has 0 aliphatic heterocycles. The van der Waals surface area contributed by atoms with Crippen LogP contribution < -0.4 is 9.83 Å². The molecule has 0 N–H and O–H groups in total. The lowest BCUT2D eigenvalue weighted by Crippen LogP contribution is -2.22. The number of rotatable bonds is 5. The molecule has 1 atom stereocenters. The minimum Gasteiger partial charge on any atom is -0.439 e. The highest BCUT2D eigenvalue weighted by molar-refractivity contribution is 9.10. The van der Waals surface area contributed by atoms with E-state index in [4.69, 9.17) is 4.52 Å². The van der Waals surface area contributed by atoms with E-state index in [0.717, 1.165) is 9.78 Å². The summed E-state index contributed by atoms with van der Waals surface area (Å²) in [5, 5.41) is 0.721. The lowest BCUT2D eigenvalue weighted by molar-refractivity contribution is 0.425. The SMILES string of the molecule is CN(C)CP(=O)(Oc1ccccc1)c1ccc(Br)cc1. The number of benzene rings is 2. The molecule has 0 fully saturated rings. The van der Waals surface area contributed by atoms with Gasteiger partial charge in [-0.15, -0.1) is 0 Å². The van der Waals surface area contributed by atoms with Crippen LogP contribution >= 0.6 is 23.3 Å². The predicted octanol–water partition coefficient (Wildman–Crippen LogP) is 3.95. The average molecular weight is 354 g/mol. The Morgan fingerprint density at radius 2 is 1.65 bits per heavy atom. The first-order valence-electron chi connectivity index (χ1n) is 6.24. The maximum absolute atomic E-state index is 13.2. The second kappa shape index (κ2) is 6.57. The molecule has 0 radical (unpaired) electrons. The van der Waals surface area contributed by atoms with Gasteiger partial charge in [0.05, 0.1) is 6.29 Å². The van der Waals surface area contributed by atoms with Crippen LogP contribution in [-0.4, -0.2) is 25.3 Å². The summed E-state index contributed by atoms with van der Waals surface area (Å²) in [7, 11) is 0.813. The summed E-state index contributed by atoms with van der Waals surface area (Å²) >= 11 is 3.39. The maximum atomic E-state index is 13.2. The van der Waals surface area contributed by atoms with Gasteiger partial charge in [0, 0.05) is 9.78 Å². The second-order valence-electron chi connectivity index (χ2n) is 4.78. The van der Waals surface area contributed by atoms with Crippen LogP contribution in [0.1, 0.15) is 0 Å². The van der Waals surface area contributed by atoms with Gasteiger partial charge in [0.15, 0.2) is 0 Å². The van der Waals surface area contributed by atoms with Crippen molar-refractivity contribution in [3.05, 3.63) is 59.1 Å². The van der Waals surface area contributed by atoms with Crippen molar-refractivity contribution in [2.24, 2.45) is 0 Å². The van der Waals surface area contributed by atoms with Crippen LogP contribution in [0.15, 0.2) is 59.1 Å². The lowest BCUT2D eigenvalue weighted by atomic mass is 10.3. The summed E-state index contributed by atoms with van der Waals surface area (Å²) in [6.45, 7) is 0. The topological polar surface area (TPSA) is 29.5 Å². The van der Waals surface area contributed by atoms with E-state index in [9.17, 15) is 4.57 Å². The molecule has 0 aliphatic rings. The highest BCUT2D eigenvalue weighted by Crippen LogP contribution is 2.46.